The SMILES string of the molecule is O=C1c2c([n+](=O)c(CBr)c(CBr)n2[O-])C(=O)c2c1n([O-])c(CBr)c(CBr)[n+]2=O. The summed E-state index contributed by atoms with van der Waals surface area (Å²) in [5.41, 5.74) is -3.54. The van der Waals surface area contributed by atoms with Gasteiger partial charge < -0.3 is 19.9 Å². The number of hydrogen-bond donors (Lipinski definition) is 0. The van der Waals surface area contributed by atoms with Crippen molar-refractivity contribution in [2.75, 3.05) is 0 Å². The Bertz CT molecular complexity index is 1080. The Kier molecular flexibility index (Phi) is 5.94. The first-order chi connectivity index (χ1) is 13.3. The second-order valence-electron chi connectivity index (χ2n) is 5.55. The highest BCUT2D eigenvalue weighted by molar-refractivity contribution is 9.09. The van der Waals surface area contributed by atoms with Gasteiger partial charge in [-0.05, 0) is 0 Å². The molecule has 28 heavy (non-hydrogen) atoms. The molecule has 14 heteroatoms. The fraction of sp³-hybridized carbons (Fsp3) is 0.286. The molecule has 0 saturated carbocycles. The van der Waals surface area contributed by atoms with E-state index in [1.54, 1.807) is 0 Å². The predicted molar refractivity (Wildman–Crippen MR) is 111 cm³/mol. The van der Waals surface area contributed by atoms with E-state index in [-0.39, 0.29) is 62.4 Å². The summed E-state index contributed by atoms with van der Waals surface area (Å²) in [4.78, 5) is 51.5. The lowest BCUT2D eigenvalue weighted by Gasteiger charge is -2.26. The third kappa shape index (κ3) is 2.75. The van der Waals surface area contributed by atoms with Crippen molar-refractivity contribution >= 4 is 75.3 Å². The van der Waals surface area contributed by atoms with Crippen LogP contribution in [0.1, 0.15) is 55.1 Å². The molecule has 0 N–H and O–H groups in total. The number of carbonyl (C=O) groups is 2. The van der Waals surface area contributed by atoms with Gasteiger partial charge in [0, 0.05) is 20.5 Å². The van der Waals surface area contributed by atoms with Crippen LogP contribution in [0.25, 0.3) is 0 Å². The Labute approximate surface area is 189 Å². The molecule has 0 unspecified atom stereocenters. The van der Waals surface area contributed by atoms with Crippen LogP contribution in [0.5, 0.6) is 0 Å². The molecule has 0 spiro atoms. The lowest BCUT2D eigenvalue weighted by molar-refractivity contribution is -0.517. The van der Waals surface area contributed by atoms with E-state index in [2.05, 4.69) is 63.7 Å². The van der Waals surface area contributed by atoms with E-state index in [0.29, 0.717) is 0 Å². The van der Waals surface area contributed by atoms with Crippen LogP contribution < -0.4 is 8.85 Å². The van der Waals surface area contributed by atoms with Crippen molar-refractivity contribution in [1.29, 1.82) is 0 Å². The van der Waals surface area contributed by atoms with E-state index in [0.717, 1.165) is 0 Å². The van der Waals surface area contributed by atoms with Crippen molar-refractivity contribution < 1.29 is 18.4 Å². The first-order valence-corrected chi connectivity index (χ1v) is 11.9. The number of fused-ring (bicyclic) bond motifs is 2. The quantitative estimate of drug-likeness (QED) is 0.315. The summed E-state index contributed by atoms with van der Waals surface area (Å²) < 4.78 is 0.610. The van der Waals surface area contributed by atoms with E-state index in [4.69, 9.17) is 0 Å². The monoisotopic (exact) mass is 644 g/mol. The summed E-state index contributed by atoms with van der Waals surface area (Å²) in [6.07, 6.45) is 0. The van der Waals surface area contributed by atoms with Crippen molar-refractivity contribution in [2.45, 2.75) is 21.3 Å². The number of alkyl halides is 4. The summed E-state index contributed by atoms with van der Waals surface area (Å²) in [6, 6.07) is 0. The Morgan fingerprint density at radius 2 is 1.04 bits per heavy atom. The Hall–Kier alpha value is -1.38. The molecule has 0 aliphatic heterocycles. The van der Waals surface area contributed by atoms with Crippen LogP contribution >= 0.6 is 63.7 Å². The number of carbonyl (C=O) groups excluding carboxylic acids is 2. The van der Waals surface area contributed by atoms with E-state index in [1.165, 1.54) is 0 Å². The molecular weight excluding hydrogens is 640 g/mol. The maximum absolute atomic E-state index is 13.0. The molecule has 2 aromatic heterocycles. The fourth-order valence-corrected chi connectivity index (χ4v) is 5.15. The van der Waals surface area contributed by atoms with Crippen molar-refractivity contribution in [3.63, 3.8) is 0 Å². The zero-order valence-electron chi connectivity index (χ0n) is 13.6. The minimum Gasteiger partial charge on any atom is -0.805 e. The molecule has 0 amide bonds. The van der Waals surface area contributed by atoms with E-state index in [1.807, 2.05) is 0 Å². The molecule has 0 bridgehead atoms. The van der Waals surface area contributed by atoms with Crippen molar-refractivity contribution in [1.82, 2.24) is 9.46 Å². The second kappa shape index (κ2) is 7.80. The average molecular weight is 648 g/mol. The summed E-state index contributed by atoms with van der Waals surface area (Å²) in [7, 11) is 0. The van der Waals surface area contributed by atoms with Gasteiger partial charge in [-0.15, -0.1) is 0 Å². The van der Waals surface area contributed by atoms with E-state index >= 15 is 0 Å². The van der Waals surface area contributed by atoms with Crippen molar-refractivity contribution in [2.24, 2.45) is 0 Å². The molecule has 0 aromatic carbocycles. The van der Waals surface area contributed by atoms with Crippen LogP contribution in [0, 0.1) is 20.2 Å². The standard InChI is InChI=1S/C14H8Br4N4O6/c15-1-5-6(2-16)20(26)10-9(19(5)25)13(23)11-12(14(10)24)22(28)8(4-18)7(3-17)21(11)27/h1-4H2. The summed E-state index contributed by atoms with van der Waals surface area (Å²) in [5.74, 6) is -2.34. The van der Waals surface area contributed by atoms with E-state index < -0.39 is 34.3 Å². The fourth-order valence-electron chi connectivity index (χ4n) is 2.94. The number of nitrogens with zero attached hydrogens (tertiary/aromatic N) is 4. The molecule has 2 heterocycles. The molecule has 148 valence electrons. The van der Waals surface area contributed by atoms with Gasteiger partial charge in [-0.3, -0.25) is 9.59 Å². The topological polar surface area (TPSA) is 136 Å². The molecule has 0 saturated heterocycles. The van der Waals surface area contributed by atoms with Gasteiger partial charge in [-0.25, -0.2) is 0 Å². The number of ketones is 2. The predicted octanol–water partition coefficient (Wildman–Crippen LogP) is 2.17. The summed E-state index contributed by atoms with van der Waals surface area (Å²) in [6.45, 7) is 0. The lowest BCUT2D eigenvalue weighted by Crippen LogP contribution is -2.47. The first-order valence-electron chi connectivity index (χ1n) is 7.41. The van der Waals surface area contributed by atoms with Gasteiger partial charge in [0.25, 0.3) is 11.4 Å². The molecule has 1 aliphatic rings. The van der Waals surface area contributed by atoms with Gasteiger partial charge in [-0.2, -0.15) is 0 Å². The zero-order chi connectivity index (χ0) is 20.9. The molecule has 0 fully saturated rings. The molecule has 2 aromatic rings. The van der Waals surface area contributed by atoms with E-state index in [9.17, 15) is 29.8 Å². The largest absolute Gasteiger partial charge is 0.805 e. The Morgan fingerprint density at radius 1 is 0.679 bits per heavy atom. The third-order valence-corrected chi connectivity index (χ3v) is 6.40. The lowest BCUT2D eigenvalue weighted by atomic mass is 9.96. The van der Waals surface area contributed by atoms with Crippen molar-refractivity contribution in [3.05, 3.63) is 65.8 Å². The molecule has 0 radical (unpaired) electrons. The maximum Gasteiger partial charge on any atom is 0.344 e. The molecule has 1 aliphatic carbocycles. The minimum absolute atomic E-state index is 0.0740. The van der Waals surface area contributed by atoms with Crippen LogP contribution in [0.2, 0.25) is 0 Å². The highest BCUT2D eigenvalue weighted by Crippen LogP contribution is 2.28. The highest BCUT2D eigenvalue weighted by Gasteiger charge is 2.49. The van der Waals surface area contributed by atoms with Crippen LogP contribution in [0.3, 0.4) is 0 Å². The Morgan fingerprint density at radius 3 is 1.32 bits per heavy atom. The molecule has 10 nitrogen and oxygen atoms in total. The average Bonchev–Trinajstić information content (AvgIpc) is 2.67. The van der Waals surface area contributed by atoms with Crippen LogP contribution in [-0.4, -0.2) is 21.0 Å². The first kappa shape index (κ1) is 21.3. The smallest absolute Gasteiger partial charge is 0.344 e. The van der Waals surface area contributed by atoms with Crippen LogP contribution in [-0.2, 0) is 21.3 Å². The second-order valence-corrected chi connectivity index (χ2v) is 7.79. The molecule has 3 rings (SSSR count). The normalized spacial score (nSPS) is 12.9. The summed E-state index contributed by atoms with van der Waals surface area (Å²) >= 11 is 12.3. The third-order valence-electron chi connectivity index (χ3n) is 4.27. The zero-order valence-corrected chi connectivity index (χ0v) is 19.9. The van der Waals surface area contributed by atoms with Gasteiger partial charge >= 0.3 is 17.2 Å². The molecular formula is C14H8Br4N4O6. The number of halogens is 4. The van der Waals surface area contributed by atoms with Crippen LogP contribution in [0.4, 0.5) is 0 Å². The number of aromatic nitrogens is 4. The Balaban J connectivity index is 2.54. The van der Waals surface area contributed by atoms with Gasteiger partial charge in [0.2, 0.25) is 5.78 Å². The maximum atomic E-state index is 13.0. The number of rotatable bonds is 4. The summed E-state index contributed by atoms with van der Waals surface area (Å²) in [5, 5.41) is 25.2. The van der Waals surface area contributed by atoms with Gasteiger partial charge in [0.05, 0.1) is 30.9 Å². The minimum atomic E-state index is -1.17. The highest BCUT2D eigenvalue weighted by atomic mass is 79.9. The van der Waals surface area contributed by atoms with Gasteiger partial charge in [0.1, 0.15) is 0 Å². The van der Waals surface area contributed by atoms with Crippen molar-refractivity contribution in [3.8, 4) is 0 Å². The molecule has 0 atom stereocenters. The van der Waals surface area contributed by atoms with Crippen LogP contribution in [0.15, 0.2) is 0 Å². The van der Waals surface area contributed by atoms with Gasteiger partial charge in [-0.1, -0.05) is 63.7 Å². The number of hydrogen-bond acceptors (Lipinski definition) is 6. The van der Waals surface area contributed by atoms with Gasteiger partial charge in [0.15, 0.2) is 11.4 Å².